The summed E-state index contributed by atoms with van der Waals surface area (Å²) in [6.07, 6.45) is 0.955. The molecule has 0 aromatic heterocycles. The lowest BCUT2D eigenvalue weighted by Gasteiger charge is -2.18. The largest absolute Gasteiger partial charge is 0.309 e. The molecule has 3 heteroatoms. The monoisotopic (exact) mass is 251 g/mol. The molecular formula is C14H21NOS. The fraction of sp³-hybridized carbons (Fsp3) is 0.571. The first-order valence-electron chi connectivity index (χ1n) is 6.35. The van der Waals surface area contributed by atoms with Crippen LogP contribution in [0, 0.1) is 13.8 Å². The molecule has 94 valence electrons. The van der Waals surface area contributed by atoms with Crippen LogP contribution >= 0.6 is 0 Å². The van der Waals surface area contributed by atoms with Gasteiger partial charge < -0.3 is 5.32 Å². The molecule has 3 unspecified atom stereocenters. The minimum absolute atomic E-state index is 0.228. The van der Waals surface area contributed by atoms with Crippen LogP contribution in [0.25, 0.3) is 0 Å². The van der Waals surface area contributed by atoms with Crippen molar-refractivity contribution in [1.82, 2.24) is 5.32 Å². The molecule has 1 aromatic carbocycles. The standard InChI is InChI=1S/C14H21NOS/c1-5-12-14(15-6-2)11-7-9(3)10(4)8-13(11)17(12)16/h7-8,12,14-15H,5-6H2,1-4H3. The normalized spacial score (nSPS) is 27.2. The third-order valence-corrected chi connectivity index (χ3v) is 5.59. The quantitative estimate of drug-likeness (QED) is 0.895. The Balaban J connectivity index is 2.51. The highest BCUT2D eigenvalue weighted by molar-refractivity contribution is 7.86. The van der Waals surface area contributed by atoms with Gasteiger partial charge in [-0.1, -0.05) is 19.9 Å². The molecular weight excluding hydrogens is 230 g/mol. The molecule has 0 fully saturated rings. The van der Waals surface area contributed by atoms with Gasteiger partial charge in [-0.25, -0.2) is 0 Å². The second-order valence-corrected chi connectivity index (χ2v) is 6.39. The van der Waals surface area contributed by atoms with Crippen LogP contribution in [-0.2, 0) is 10.8 Å². The molecule has 1 aliphatic rings. The van der Waals surface area contributed by atoms with Crippen molar-refractivity contribution in [2.45, 2.75) is 50.3 Å². The maximum atomic E-state index is 12.4. The Labute approximate surface area is 106 Å². The predicted octanol–water partition coefficient (Wildman–Crippen LogP) is 2.85. The summed E-state index contributed by atoms with van der Waals surface area (Å²) in [5, 5.41) is 3.71. The van der Waals surface area contributed by atoms with E-state index in [-0.39, 0.29) is 11.3 Å². The van der Waals surface area contributed by atoms with E-state index in [0.717, 1.165) is 17.9 Å². The third-order valence-electron chi connectivity index (χ3n) is 3.65. The van der Waals surface area contributed by atoms with Crippen LogP contribution < -0.4 is 5.32 Å². The topological polar surface area (TPSA) is 29.1 Å². The van der Waals surface area contributed by atoms with Crippen molar-refractivity contribution >= 4 is 10.8 Å². The Hall–Kier alpha value is -0.670. The highest BCUT2D eigenvalue weighted by Crippen LogP contribution is 2.39. The SMILES string of the molecule is CCNC1c2cc(C)c(C)cc2S(=O)C1CC. The van der Waals surface area contributed by atoms with Crippen LogP contribution in [-0.4, -0.2) is 16.0 Å². The summed E-state index contributed by atoms with van der Waals surface area (Å²) in [5.74, 6) is 0. The van der Waals surface area contributed by atoms with Gasteiger partial charge in [0.1, 0.15) is 0 Å². The van der Waals surface area contributed by atoms with Crippen molar-refractivity contribution in [3.63, 3.8) is 0 Å². The zero-order chi connectivity index (χ0) is 12.6. The zero-order valence-corrected chi connectivity index (χ0v) is 11.9. The Morgan fingerprint density at radius 2 is 1.88 bits per heavy atom. The summed E-state index contributed by atoms with van der Waals surface area (Å²) < 4.78 is 12.4. The average molecular weight is 251 g/mol. The van der Waals surface area contributed by atoms with E-state index in [2.05, 4.69) is 45.1 Å². The number of rotatable bonds is 3. The summed E-state index contributed by atoms with van der Waals surface area (Å²) in [5.41, 5.74) is 3.78. The molecule has 1 heterocycles. The van der Waals surface area contributed by atoms with Crippen molar-refractivity contribution in [1.29, 1.82) is 0 Å². The molecule has 0 radical (unpaired) electrons. The average Bonchev–Trinajstić information content (AvgIpc) is 2.54. The van der Waals surface area contributed by atoms with E-state index in [1.165, 1.54) is 16.7 Å². The van der Waals surface area contributed by atoms with E-state index >= 15 is 0 Å². The summed E-state index contributed by atoms with van der Waals surface area (Å²) in [7, 11) is -0.848. The Morgan fingerprint density at radius 1 is 1.24 bits per heavy atom. The number of hydrogen-bond donors (Lipinski definition) is 1. The number of nitrogens with one attached hydrogen (secondary N) is 1. The molecule has 2 rings (SSSR count). The molecule has 0 amide bonds. The van der Waals surface area contributed by atoms with E-state index in [0.29, 0.717) is 0 Å². The van der Waals surface area contributed by atoms with Crippen LogP contribution in [0.3, 0.4) is 0 Å². The van der Waals surface area contributed by atoms with Gasteiger partial charge in [-0.05, 0) is 49.6 Å². The highest BCUT2D eigenvalue weighted by atomic mass is 32.2. The van der Waals surface area contributed by atoms with Crippen LogP contribution in [0.15, 0.2) is 17.0 Å². The van der Waals surface area contributed by atoms with Gasteiger partial charge >= 0.3 is 0 Å². The first-order valence-corrected chi connectivity index (χ1v) is 7.56. The number of benzene rings is 1. The van der Waals surface area contributed by atoms with Crippen molar-refractivity contribution in [3.8, 4) is 0 Å². The van der Waals surface area contributed by atoms with Gasteiger partial charge in [-0.2, -0.15) is 0 Å². The van der Waals surface area contributed by atoms with Gasteiger partial charge in [0.15, 0.2) is 0 Å². The molecule has 0 spiro atoms. The Morgan fingerprint density at radius 3 is 2.47 bits per heavy atom. The maximum absolute atomic E-state index is 12.4. The molecule has 1 aliphatic heterocycles. The number of aryl methyl sites for hydroxylation is 2. The summed E-state index contributed by atoms with van der Waals surface area (Å²) in [6, 6.07) is 4.59. The number of hydrogen-bond acceptors (Lipinski definition) is 2. The molecule has 1 N–H and O–H groups in total. The van der Waals surface area contributed by atoms with Gasteiger partial charge in [0, 0.05) is 10.9 Å². The molecule has 0 aliphatic carbocycles. The van der Waals surface area contributed by atoms with Crippen LogP contribution in [0.4, 0.5) is 0 Å². The molecule has 3 atom stereocenters. The second-order valence-electron chi connectivity index (χ2n) is 4.75. The summed E-state index contributed by atoms with van der Waals surface area (Å²) >= 11 is 0. The number of fused-ring (bicyclic) bond motifs is 1. The first-order chi connectivity index (χ1) is 8.10. The molecule has 2 nitrogen and oxygen atoms in total. The lowest BCUT2D eigenvalue weighted by Crippen LogP contribution is -2.29. The van der Waals surface area contributed by atoms with Crippen LogP contribution in [0.2, 0.25) is 0 Å². The molecule has 0 saturated carbocycles. The van der Waals surface area contributed by atoms with Gasteiger partial charge in [0.2, 0.25) is 0 Å². The van der Waals surface area contributed by atoms with Gasteiger partial charge in [-0.15, -0.1) is 0 Å². The van der Waals surface area contributed by atoms with Crippen molar-refractivity contribution in [2.24, 2.45) is 0 Å². The maximum Gasteiger partial charge on any atom is 0.0587 e. The molecule has 0 bridgehead atoms. The minimum atomic E-state index is -0.848. The van der Waals surface area contributed by atoms with Crippen LogP contribution in [0.1, 0.15) is 43.0 Å². The molecule has 0 saturated heterocycles. The predicted molar refractivity (Wildman–Crippen MR) is 72.8 cm³/mol. The van der Waals surface area contributed by atoms with Crippen LogP contribution in [0.5, 0.6) is 0 Å². The van der Waals surface area contributed by atoms with E-state index in [1.807, 2.05) is 0 Å². The summed E-state index contributed by atoms with van der Waals surface area (Å²) in [6.45, 7) is 9.37. The second kappa shape index (κ2) is 4.91. The third kappa shape index (κ3) is 2.06. The zero-order valence-electron chi connectivity index (χ0n) is 11.0. The first kappa shape index (κ1) is 12.8. The Bertz CT molecular complexity index is 456. The van der Waals surface area contributed by atoms with E-state index in [9.17, 15) is 4.21 Å². The van der Waals surface area contributed by atoms with E-state index in [1.54, 1.807) is 0 Å². The molecule has 1 aromatic rings. The van der Waals surface area contributed by atoms with Crippen molar-refractivity contribution in [2.75, 3.05) is 6.54 Å². The lowest BCUT2D eigenvalue weighted by molar-refractivity contribution is 0.520. The highest BCUT2D eigenvalue weighted by Gasteiger charge is 2.37. The smallest absolute Gasteiger partial charge is 0.0587 e. The fourth-order valence-electron chi connectivity index (χ4n) is 2.56. The van der Waals surface area contributed by atoms with Crippen molar-refractivity contribution in [3.05, 3.63) is 28.8 Å². The summed E-state index contributed by atoms with van der Waals surface area (Å²) in [4.78, 5) is 1.05. The van der Waals surface area contributed by atoms with E-state index < -0.39 is 10.8 Å². The van der Waals surface area contributed by atoms with Gasteiger partial charge in [-0.3, -0.25) is 4.21 Å². The van der Waals surface area contributed by atoms with Crippen molar-refractivity contribution < 1.29 is 4.21 Å². The van der Waals surface area contributed by atoms with E-state index in [4.69, 9.17) is 0 Å². The molecule has 17 heavy (non-hydrogen) atoms. The Kier molecular flexibility index (Phi) is 3.69. The van der Waals surface area contributed by atoms with Gasteiger partial charge in [0.25, 0.3) is 0 Å². The van der Waals surface area contributed by atoms with Gasteiger partial charge in [0.05, 0.1) is 16.0 Å². The fourth-order valence-corrected chi connectivity index (χ4v) is 4.39. The lowest BCUT2D eigenvalue weighted by atomic mass is 9.98. The minimum Gasteiger partial charge on any atom is -0.309 e.